The van der Waals surface area contributed by atoms with Crippen molar-refractivity contribution < 1.29 is 13.5 Å². The van der Waals surface area contributed by atoms with Crippen LogP contribution < -0.4 is 4.72 Å². The van der Waals surface area contributed by atoms with Gasteiger partial charge in [0.05, 0.1) is 15.8 Å². The van der Waals surface area contributed by atoms with Gasteiger partial charge >= 0.3 is 0 Å². The molecule has 6 nitrogen and oxygen atoms in total. The number of hydrogen-bond donors (Lipinski definition) is 2. The molecule has 2 aromatic rings. The van der Waals surface area contributed by atoms with Crippen LogP contribution in [-0.4, -0.2) is 43.4 Å². The van der Waals surface area contributed by atoms with E-state index < -0.39 is 15.7 Å². The molecule has 1 heterocycles. The van der Waals surface area contributed by atoms with Crippen molar-refractivity contribution in [1.29, 1.82) is 0 Å². The lowest BCUT2D eigenvalue weighted by Crippen LogP contribution is -2.42. The number of sulfonamides is 1. The predicted octanol–water partition coefficient (Wildman–Crippen LogP) is 3.86. The van der Waals surface area contributed by atoms with Crippen LogP contribution in [0.2, 0.25) is 10.0 Å². The third-order valence-electron chi connectivity index (χ3n) is 4.49. The molecule has 0 spiro atoms. The highest BCUT2D eigenvalue weighted by molar-refractivity contribution is 8.93. The lowest BCUT2D eigenvalue weighted by atomic mass is 10.0. The summed E-state index contributed by atoms with van der Waals surface area (Å²) in [5.74, 6) is 0.258. The average molecular weight is 541 g/mol. The maximum absolute atomic E-state index is 12.8. The lowest BCUT2D eigenvalue weighted by Gasteiger charge is -2.32. The first-order valence-corrected chi connectivity index (χ1v) is 11.5. The van der Waals surface area contributed by atoms with Gasteiger partial charge in [-0.25, -0.2) is 13.1 Å². The Morgan fingerprint density at radius 2 is 1.90 bits per heavy atom. The molecule has 1 atom stereocenters. The fraction of sp³-hybridized carbons (Fsp3) is 0.278. The van der Waals surface area contributed by atoms with Gasteiger partial charge in [0.1, 0.15) is 4.90 Å². The van der Waals surface area contributed by atoms with Gasteiger partial charge in [0.15, 0.2) is 10.9 Å². The Kier molecular flexibility index (Phi) is 8.06. The van der Waals surface area contributed by atoms with Crippen molar-refractivity contribution in [1.82, 2.24) is 9.62 Å². The number of hydrogen-bond acceptors (Lipinski definition) is 5. The Balaban J connectivity index is 0.00000300. The Morgan fingerprint density at radius 1 is 1.24 bits per heavy atom. The summed E-state index contributed by atoms with van der Waals surface area (Å²) >= 11 is 13.9. The van der Waals surface area contributed by atoms with Gasteiger partial charge in [-0.15, -0.1) is 17.0 Å². The molecule has 11 heteroatoms. The number of nitrogens with one attached hydrogen (secondary N) is 1. The third kappa shape index (κ3) is 4.92. The summed E-state index contributed by atoms with van der Waals surface area (Å²) in [6.45, 7) is 0.115. The molecule has 3 rings (SSSR count). The molecule has 2 aromatic carbocycles. The van der Waals surface area contributed by atoms with Gasteiger partial charge in [-0.1, -0.05) is 65.3 Å². The van der Waals surface area contributed by atoms with E-state index in [0.717, 1.165) is 5.56 Å². The molecule has 1 aliphatic heterocycles. The number of rotatable bonds is 5. The number of benzene rings is 2. The van der Waals surface area contributed by atoms with Gasteiger partial charge < -0.3 is 10.0 Å². The first-order chi connectivity index (χ1) is 13.2. The van der Waals surface area contributed by atoms with Gasteiger partial charge in [0.25, 0.3) is 0 Å². The maximum atomic E-state index is 12.8. The largest absolute Gasteiger partial charge is 0.366 e. The Morgan fingerprint density at radius 3 is 2.48 bits per heavy atom. The number of aliphatic imine (C=N–C) groups is 1. The van der Waals surface area contributed by atoms with Crippen LogP contribution in [0.15, 0.2) is 52.4 Å². The summed E-state index contributed by atoms with van der Waals surface area (Å²) in [6.07, 6.45) is 0. The van der Waals surface area contributed by atoms with E-state index in [-0.39, 0.29) is 49.8 Å². The summed E-state index contributed by atoms with van der Waals surface area (Å²) in [6, 6.07) is 11.8. The molecule has 0 saturated carbocycles. The fourth-order valence-corrected chi connectivity index (χ4v) is 5.98. The number of thioether (sulfide) groups is 1. The first-order valence-electron chi connectivity index (χ1n) is 8.28. The molecule has 1 fully saturated rings. The summed E-state index contributed by atoms with van der Waals surface area (Å²) in [5.41, 5.74) is -0.428. The second kappa shape index (κ2) is 9.55. The first kappa shape index (κ1) is 24.5. The number of amidine groups is 1. The van der Waals surface area contributed by atoms with E-state index in [2.05, 4.69) is 9.71 Å². The smallest absolute Gasteiger partial charge is 0.242 e. The quantitative estimate of drug-likeness (QED) is 0.601. The molecule has 1 aliphatic rings. The van der Waals surface area contributed by atoms with E-state index in [0.29, 0.717) is 5.17 Å². The Labute approximate surface area is 195 Å². The normalized spacial score (nSPS) is 20.7. The summed E-state index contributed by atoms with van der Waals surface area (Å²) in [4.78, 5) is 5.55. The minimum absolute atomic E-state index is 0. The summed E-state index contributed by atoms with van der Waals surface area (Å²) < 4.78 is 28.2. The molecule has 0 aromatic heterocycles. The van der Waals surface area contributed by atoms with Crippen molar-refractivity contribution >= 4 is 67.1 Å². The van der Waals surface area contributed by atoms with E-state index in [4.69, 9.17) is 23.2 Å². The van der Waals surface area contributed by atoms with E-state index in [9.17, 15) is 13.5 Å². The zero-order chi connectivity index (χ0) is 20.5. The van der Waals surface area contributed by atoms with E-state index in [1.807, 2.05) is 30.3 Å². The van der Waals surface area contributed by atoms with Crippen molar-refractivity contribution in [2.45, 2.75) is 17.2 Å². The highest BCUT2D eigenvalue weighted by atomic mass is 79.9. The minimum Gasteiger partial charge on any atom is -0.366 e. The van der Waals surface area contributed by atoms with Crippen LogP contribution in [0.25, 0.3) is 0 Å². The molecule has 0 aliphatic carbocycles. The Bertz CT molecular complexity index is 1020. The van der Waals surface area contributed by atoms with Crippen LogP contribution in [0.1, 0.15) is 11.1 Å². The van der Waals surface area contributed by atoms with Crippen molar-refractivity contribution in [2.24, 2.45) is 4.99 Å². The molecule has 0 radical (unpaired) electrons. The predicted molar refractivity (Wildman–Crippen MR) is 125 cm³/mol. The van der Waals surface area contributed by atoms with E-state index in [1.54, 1.807) is 19.0 Å². The van der Waals surface area contributed by atoms with Gasteiger partial charge in [-0.2, -0.15) is 0 Å². The monoisotopic (exact) mass is 539 g/mol. The minimum atomic E-state index is -3.93. The SMILES string of the molecule is Br.CN=C1SCC(O)(c2cc(S(=O)(=O)NCc3ccccc3)c(Cl)cc2Cl)N1C. The number of nitrogens with zero attached hydrogens (tertiary/aromatic N) is 2. The number of halogens is 3. The molecule has 1 saturated heterocycles. The van der Waals surface area contributed by atoms with Crippen molar-refractivity contribution in [3.8, 4) is 0 Å². The van der Waals surface area contributed by atoms with E-state index in [1.165, 1.54) is 23.9 Å². The molecule has 0 bridgehead atoms. The second-order valence-electron chi connectivity index (χ2n) is 6.24. The molecule has 2 N–H and O–H groups in total. The van der Waals surface area contributed by atoms with Crippen LogP contribution in [0.5, 0.6) is 0 Å². The zero-order valence-electron chi connectivity index (χ0n) is 15.6. The zero-order valence-corrected chi connectivity index (χ0v) is 20.5. The van der Waals surface area contributed by atoms with Crippen molar-refractivity contribution in [3.05, 3.63) is 63.6 Å². The third-order valence-corrected chi connectivity index (χ3v) is 7.93. The van der Waals surface area contributed by atoms with Gasteiger partial charge in [-0.3, -0.25) is 4.99 Å². The van der Waals surface area contributed by atoms with Gasteiger partial charge in [0.2, 0.25) is 10.0 Å². The van der Waals surface area contributed by atoms with Crippen LogP contribution in [0.4, 0.5) is 0 Å². The Hall–Kier alpha value is -0.810. The van der Waals surface area contributed by atoms with Crippen LogP contribution >= 0.6 is 51.9 Å². The number of aliphatic hydroxyl groups is 1. The molecule has 1 unspecified atom stereocenters. The molecule has 29 heavy (non-hydrogen) atoms. The average Bonchev–Trinajstić information content (AvgIpc) is 2.96. The molecule has 158 valence electrons. The standard InChI is InChI=1S/C18H19Cl2N3O3S2.BrH/c1-21-17-23(2)18(24,11-27-17)13-8-16(15(20)9-14(13)19)28(25,26)22-10-12-6-4-3-5-7-12;/h3-9,22,24H,10-11H2,1-2H3;1H. The summed E-state index contributed by atoms with van der Waals surface area (Å²) in [5, 5.41) is 12.0. The van der Waals surface area contributed by atoms with Gasteiger partial charge in [0, 0.05) is 26.2 Å². The van der Waals surface area contributed by atoms with Crippen molar-refractivity contribution in [3.63, 3.8) is 0 Å². The maximum Gasteiger partial charge on any atom is 0.242 e. The van der Waals surface area contributed by atoms with Gasteiger partial charge in [-0.05, 0) is 17.7 Å². The van der Waals surface area contributed by atoms with Crippen molar-refractivity contribution in [2.75, 3.05) is 19.8 Å². The highest BCUT2D eigenvalue weighted by Gasteiger charge is 2.44. The highest BCUT2D eigenvalue weighted by Crippen LogP contribution is 2.42. The molecular formula is C18H20BrCl2N3O3S2. The molecule has 0 amide bonds. The summed E-state index contributed by atoms with van der Waals surface area (Å²) in [7, 11) is -0.630. The van der Waals surface area contributed by atoms with E-state index >= 15 is 0 Å². The van der Waals surface area contributed by atoms with Crippen LogP contribution in [0.3, 0.4) is 0 Å². The second-order valence-corrected chi connectivity index (χ2v) is 9.74. The van der Waals surface area contributed by atoms with Crippen LogP contribution in [-0.2, 0) is 22.3 Å². The lowest BCUT2D eigenvalue weighted by molar-refractivity contribution is -0.0348. The van der Waals surface area contributed by atoms with Crippen LogP contribution in [0, 0.1) is 0 Å². The topological polar surface area (TPSA) is 82.0 Å². The fourth-order valence-electron chi connectivity index (χ4n) is 2.88. The molecular weight excluding hydrogens is 521 g/mol.